The number of hydrogen-bond acceptors (Lipinski definition) is 2. The Balaban J connectivity index is 2.15. The second-order valence-electron chi connectivity index (χ2n) is 5.02. The van der Waals surface area contributed by atoms with E-state index in [0.29, 0.717) is 12.1 Å². The number of para-hydroxylation sites is 1. The highest BCUT2D eigenvalue weighted by Gasteiger charge is 2.28. The van der Waals surface area contributed by atoms with E-state index in [0.717, 1.165) is 6.54 Å². The van der Waals surface area contributed by atoms with E-state index in [1.807, 2.05) is 0 Å². The Morgan fingerprint density at radius 1 is 1.29 bits per heavy atom. The molecule has 2 nitrogen and oxygen atoms in total. The zero-order chi connectivity index (χ0) is 12.3. The minimum Gasteiger partial charge on any atom is -0.369 e. The molecule has 0 saturated heterocycles. The van der Waals surface area contributed by atoms with E-state index < -0.39 is 0 Å². The van der Waals surface area contributed by atoms with Crippen molar-refractivity contribution in [3.63, 3.8) is 0 Å². The zero-order valence-corrected chi connectivity index (χ0v) is 11.2. The fourth-order valence-corrected chi connectivity index (χ4v) is 3.01. The number of nitrogens with one attached hydrogen (secondary N) is 1. The second-order valence-corrected chi connectivity index (χ2v) is 5.02. The van der Waals surface area contributed by atoms with Gasteiger partial charge in [-0.1, -0.05) is 18.2 Å². The minimum absolute atomic E-state index is 0.707. The first-order valence-corrected chi connectivity index (χ1v) is 6.75. The van der Waals surface area contributed by atoms with Crippen LogP contribution in [0.2, 0.25) is 0 Å². The van der Waals surface area contributed by atoms with Gasteiger partial charge in [0.15, 0.2) is 0 Å². The molecule has 2 unspecified atom stereocenters. The van der Waals surface area contributed by atoms with Crippen molar-refractivity contribution in [1.29, 1.82) is 0 Å². The lowest BCUT2D eigenvalue weighted by atomic mass is 10.1. The summed E-state index contributed by atoms with van der Waals surface area (Å²) in [5.41, 5.74) is 2.80. The van der Waals surface area contributed by atoms with Crippen molar-refractivity contribution in [2.75, 3.05) is 18.5 Å². The maximum atomic E-state index is 3.41. The fraction of sp³-hybridized carbons (Fsp3) is 0.600. The van der Waals surface area contributed by atoms with Gasteiger partial charge in [-0.3, -0.25) is 0 Å². The number of rotatable bonds is 4. The topological polar surface area (TPSA) is 15.3 Å². The van der Waals surface area contributed by atoms with E-state index in [-0.39, 0.29) is 0 Å². The first-order valence-electron chi connectivity index (χ1n) is 6.75. The van der Waals surface area contributed by atoms with Crippen LogP contribution in [0.4, 0.5) is 5.69 Å². The van der Waals surface area contributed by atoms with Crippen LogP contribution in [0.25, 0.3) is 0 Å². The quantitative estimate of drug-likeness (QED) is 0.858. The van der Waals surface area contributed by atoms with Crippen LogP contribution in [0.1, 0.15) is 31.7 Å². The molecule has 0 aliphatic heterocycles. The van der Waals surface area contributed by atoms with Gasteiger partial charge in [0.1, 0.15) is 0 Å². The van der Waals surface area contributed by atoms with Crippen LogP contribution >= 0.6 is 0 Å². The van der Waals surface area contributed by atoms with E-state index >= 15 is 0 Å². The highest BCUT2D eigenvalue weighted by atomic mass is 15.2. The molecule has 2 atom stereocenters. The van der Waals surface area contributed by atoms with E-state index in [4.69, 9.17) is 0 Å². The molecular weight excluding hydrogens is 208 g/mol. The SMILES string of the molecule is CCN(c1ccccc1C)C1CCC(NC)C1. The van der Waals surface area contributed by atoms with Gasteiger partial charge in [0, 0.05) is 24.3 Å². The molecule has 0 bridgehead atoms. The van der Waals surface area contributed by atoms with Crippen LogP contribution in [0, 0.1) is 6.92 Å². The number of anilines is 1. The summed E-state index contributed by atoms with van der Waals surface area (Å²) in [7, 11) is 2.08. The maximum Gasteiger partial charge on any atom is 0.0398 e. The standard InChI is InChI=1S/C15H24N2/c1-4-17(14-10-9-13(11-14)16-3)15-8-6-5-7-12(15)2/h5-8,13-14,16H,4,9-11H2,1-3H3. The van der Waals surface area contributed by atoms with Crippen molar-refractivity contribution < 1.29 is 0 Å². The third-order valence-corrected chi connectivity index (χ3v) is 4.02. The van der Waals surface area contributed by atoms with Crippen molar-refractivity contribution in [2.45, 2.75) is 45.2 Å². The molecule has 0 heterocycles. The average molecular weight is 232 g/mol. The van der Waals surface area contributed by atoms with E-state index in [1.165, 1.54) is 30.5 Å². The molecule has 2 heteroatoms. The Labute approximate surface area is 105 Å². The molecule has 2 rings (SSSR count). The summed E-state index contributed by atoms with van der Waals surface area (Å²) in [6, 6.07) is 10.2. The molecule has 1 N–H and O–H groups in total. The smallest absolute Gasteiger partial charge is 0.0398 e. The largest absolute Gasteiger partial charge is 0.369 e. The van der Waals surface area contributed by atoms with Gasteiger partial charge in [0.25, 0.3) is 0 Å². The normalized spacial score (nSPS) is 23.9. The van der Waals surface area contributed by atoms with Crippen LogP contribution in [-0.2, 0) is 0 Å². The zero-order valence-electron chi connectivity index (χ0n) is 11.2. The molecule has 94 valence electrons. The lowest BCUT2D eigenvalue weighted by Gasteiger charge is -2.31. The molecule has 1 aromatic rings. The van der Waals surface area contributed by atoms with E-state index in [1.54, 1.807) is 0 Å². The molecule has 0 radical (unpaired) electrons. The van der Waals surface area contributed by atoms with Gasteiger partial charge in [0.05, 0.1) is 0 Å². The number of nitrogens with zero attached hydrogens (tertiary/aromatic N) is 1. The molecule has 1 aliphatic rings. The van der Waals surface area contributed by atoms with Gasteiger partial charge >= 0.3 is 0 Å². The van der Waals surface area contributed by atoms with Crippen LogP contribution in [0.3, 0.4) is 0 Å². The van der Waals surface area contributed by atoms with Crippen molar-refractivity contribution in [3.05, 3.63) is 29.8 Å². The Kier molecular flexibility index (Phi) is 4.06. The summed E-state index contributed by atoms with van der Waals surface area (Å²) in [5, 5.41) is 3.41. The van der Waals surface area contributed by atoms with E-state index in [9.17, 15) is 0 Å². The Morgan fingerprint density at radius 2 is 2.06 bits per heavy atom. The lowest BCUT2D eigenvalue weighted by molar-refractivity contribution is 0.554. The Bertz CT molecular complexity index is 362. The number of hydrogen-bond donors (Lipinski definition) is 1. The van der Waals surface area contributed by atoms with Crippen molar-refractivity contribution >= 4 is 5.69 Å². The molecule has 0 spiro atoms. The van der Waals surface area contributed by atoms with Crippen molar-refractivity contribution in [3.8, 4) is 0 Å². The number of aryl methyl sites for hydroxylation is 1. The first-order chi connectivity index (χ1) is 8.26. The van der Waals surface area contributed by atoms with Crippen LogP contribution < -0.4 is 10.2 Å². The van der Waals surface area contributed by atoms with Crippen LogP contribution in [0.5, 0.6) is 0 Å². The molecule has 1 aromatic carbocycles. The second kappa shape index (κ2) is 5.54. The van der Waals surface area contributed by atoms with Gasteiger partial charge in [-0.15, -0.1) is 0 Å². The highest BCUT2D eigenvalue weighted by Crippen LogP contribution is 2.30. The molecule has 17 heavy (non-hydrogen) atoms. The molecule has 1 saturated carbocycles. The molecular formula is C15H24N2. The monoisotopic (exact) mass is 232 g/mol. The Morgan fingerprint density at radius 3 is 2.65 bits per heavy atom. The molecule has 0 aromatic heterocycles. The maximum absolute atomic E-state index is 3.41. The summed E-state index contributed by atoms with van der Waals surface area (Å²) >= 11 is 0. The molecule has 1 fully saturated rings. The fourth-order valence-electron chi connectivity index (χ4n) is 3.01. The summed E-state index contributed by atoms with van der Waals surface area (Å²) in [6.45, 7) is 5.58. The molecule has 0 amide bonds. The summed E-state index contributed by atoms with van der Waals surface area (Å²) in [4.78, 5) is 2.58. The average Bonchev–Trinajstić information content (AvgIpc) is 2.81. The van der Waals surface area contributed by atoms with Gasteiger partial charge in [-0.05, 0) is 51.8 Å². The van der Waals surface area contributed by atoms with Crippen LogP contribution in [-0.4, -0.2) is 25.7 Å². The van der Waals surface area contributed by atoms with Crippen molar-refractivity contribution in [2.24, 2.45) is 0 Å². The van der Waals surface area contributed by atoms with Crippen LogP contribution in [0.15, 0.2) is 24.3 Å². The predicted octanol–water partition coefficient (Wildman–Crippen LogP) is 2.96. The summed E-state index contributed by atoms with van der Waals surface area (Å²) < 4.78 is 0. The van der Waals surface area contributed by atoms with E-state index in [2.05, 4.69) is 55.4 Å². The van der Waals surface area contributed by atoms with Gasteiger partial charge < -0.3 is 10.2 Å². The minimum atomic E-state index is 0.707. The third kappa shape index (κ3) is 2.63. The predicted molar refractivity (Wildman–Crippen MR) is 74.7 cm³/mol. The Hall–Kier alpha value is -1.02. The van der Waals surface area contributed by atoms with Gasteiger partial charge in [0.2, 0.25) is 0 Å². The van der Waals surface area contributed by atoms with Gasteiger partial charge in [-0.2, -0.15) is 0 Å². The summed E-state index contributed by atoms with van der Waals surface area (Å²) in [5.74, 6) is 0. The lowest BCUT2D eigenvalue weighted by Crippen LogP contribution is -2.35. The third-order valence-electron chi connectivity index (χ3n) is 4.02. The number of benzene rings is 1. The van der Waals surface area contributed by atoms with Crippen molar-refractivity contribution in [1.82, 2.24) is 5.32 Å². The summed E-state index contributed by atoms with van der Waals surface area (Å²) in [6.07, 6.45) is 3.90. The molecule has 1 aliphatic carbocycles. The highest BCUT2D eigenvalue weighted by molar-refractivity contribution is 5.53. The first kappa shape index (κ1) is 12.4. The van der Waals surface area contributed by atoms with Gasteiger partial charge in [-0.25, -0.2) is 0 Å².